The van der Waals surface area contributed by atoms with Gasteiger partial charge in [0.15, 0.2) is 0 Å². The summed E-state index contributed by atoms with van der Waals surface area (Å²) in [6.45, 7) is 4.55. The van der Waals surface area contributed by atoms with Crippen LogP contribution >= 0.6 is 0 Å². The summed E-state index contributed by atoms with van der Waals surface area (Å²) in [4.78, 5) is 2.00. The molecule has 2 nitrogen and oxygen atoms in total. The Morgan fingerprint density at radius 2 is 1.89 bits per heavy atom. The van der Waals surface area contributed by atoms with Gasteiger partial charge in [-0.25, -0.2) is 0 Å². The number of benzene rings is 1. The molecule has 2 N–H and O–H groups in total. The third-order valence-electron chi connectivity index (χ3n) is 3.01. The maximum absolute atomic E-state index is 12.6. The Bertz CT molecular complexity index is 388. The van der Waals surface area contributed by atoms with Crippen molar-refractivity contribution in [3.63, 3.8) is 0 Å². The van der Waals surface area contributed by atoms with Gasteiger partial charge < -0.3 is 10.6 Å². The molecule has 1 aromatic rings. The third kappa shape index (κ3) is 3.99. The molecular weight excluding hydrogens is 241 g/mol. The van der Waals surface area contributed by atoms with Gasteiger partial charge in [0.05, 0.1) is 5.56 Å². The number of rotatable bonds is 4. The van der Waals surface area contributed by atoms with Crippen molar-refractivity contribution >= 4 is 0 Å². The van der Waals surface area contributed by atoms with E-state index in [-0.39, 0.29) is 0 Å². The Morgan fingerprint density at radius 1 is 1.28 bits per heavy atom. The molecule has 0 aliphatic carbocycles. The smallest absolute Gasteiger partial charge is 0.323 e. The van der Waals surface area contributed by atoms with E-state index in [0.717, 1.165) is 12.1 Å². The number of hydrogen-bond donors (Lipinski definition) is 1. The molecule has 0 amide bonds. The van der Waals surface area contributed by atoms with E-state index in [1.54, 1.807) is 6.07 Å². The van der Waals surface area contributed by atoms with Crippen LogP contribution in [0.2, 0.25) is 0 Å². The fraction of sp³-hybridized carbons (Fsp3) is 0.538. The summed E-state index contributed by atoms with van der Waals surface area (Å²) in [6, 6.07) is 5.10. The van der Waals surface area contributed by atoms with Gasteiger partial charge in [0.2, 0.25) is 0 Å². The van der Waals surface area contributed by atoms with Crippen molar-refractivity contribution in [2.24, 2.45) is 5.73 Å². The van der Waals surface area contributed by atoms with Gasteiger partial charge in [-0.2, -0.15) is 13.2 Å². The van der Waals surface area contributed by atoms with E-state index in [9.17, 15) is 13.2 Å². The molecule has 18 heavy (non-hydrogen) atoms. The molecule has 0 spiro atoms. The largest absolute Gasteiger partial charge is 0.416 e. The summed E-state index contributed by atoms with van der Waals surface area (Å²) >= 11 is 0. The molecule has 0 heterocycles. The first-order valence-electron chi connectivity index (χ1n) is 5.84. The first-order valence-corrected chi connectivity index (χ1v) is 5.84. The van der Waals surface area contributed by atoms with Crippen molar-refractivity contribution in [1.29, 1.82) is 0 Å². The fourth-order valence-electron chi connectivity index (χ4n) is 1.57. The van der Waals surface area contributed by atoms with Gasteiger partial charge in [0.1, 0.15) is 0 Å². The van der Waals surface area contributed by atoms with Crippen molar-refractivity contribution in [3.05, 3.63) is 35.4 Å². The number of hydrogen-bond acceptors (Lipinski definition) is 2. The Labute approximate surface area is 106 Å². The van der Waals surface area contributed by atoms with Crippen LogP contribution in [0.25, 0.3) is 0 Å². The molecule has 0 bridgehead atoms. The topological polar surface area (TPSA) is 29.3 Å². The normalized spacial score (nSPS) is 14.3. The van der Waals surface area contributed by atoms with E-state index in [1.165, 1.54) is 6.07 Å². The lowest BCUT2D eigenvalue weighted by Crippen LogP contribution is -2.34. The zero-order valence-electron chi connectivity index (χ0n) is 10.8. The van der Waals surface area contributed by atoms with E-state index in [1.807, 2.05) is 25.8 Å². The number of halogens is 3. The number of nitrogens with two attached hydrogens (primary N) is 1. The molecule has 102 valence electrons. The molecular formula is C13H19F3N2. The summed E-state index contributed by atoms with van der Waals surface area (Å²) in [5.41, 5.74) is 5.80. The van der Waals surface area contributed by atoms with Crippen molar-refractivity contribution in [2.75, 3.05) is 13.6 Å². The molecule has 0 aromatic heterocycles. The first kappa shape index (κ1) is 15.0. The quantitative estimate of drug-likeness (QED) is 0.901. The van der Waals surface area contributed by atoms with Gasteiger partial charge >= 0.3 is 6.18 Å². The van der Waals surface area contributed by atoms with Crippen molar-refractivity contribution in [3.8, 4) is 0 Å². The van der Waals surface area contributed by atoms with E-state index in [4.69, 9.17) is 5.73 Å². The van der Waals surface area contributed by atoms with Gasteiger partial charge in [0, 0.05) is 18.6 Å². The summed E-state index contributed by atoms with van der Waals surface area (Å²) < 4.78 is 37.7. The van der Waals surface area contributed by atoms with Crippen LogP contribution in [0.5, 0.6) is 0 Å². The predicted octanol–water partition coefficient (Wildman–Crippen LogP) is 3.05. The van der Waals surface area contributed by atoms with E-state index in [0.29, 0.717) is 18.2 Å². The lowest BCUT2D eigenvalue weighted by Gasteiger charge is -2.25. The Hall–Kier alpha value is -1.07. The highest BCUT2D eigenvalue weighted by Gasteiger charge is 2.30. The van der Waals surface area contributed by atoms with Crippen LogP contribution in [0.1, 0.15) is 31.0 Å². The van der Waals surface area contributed by atoms with E-state index in [2.05, 4.69) is 0 Å². The van der Waals surface area contributed by atoms with E-state index < -0.39 is 17.8 Å². The maximum atomic E-state index is 12.6. The summed E-state index contributed by atoms with van der Waals surface area (Å²) in [5.74, 6) is 0. The minimum absolute atomic E-state index is 0.307. The lowest BCUT2D eigenvalue weighted by molar-refractivity contribution is -0.137. The summed E-state index contributed by atoms with van der Waals surface area (Å²) in [6.07, 6.45) is -4.32. The van der Waals surface area contributed by atoms with Crippen LogP contribution in [0.15, 0.2) is 24.3 Å². The Kier molecular flexibility index (Phi) is 4.76. The van der Waals surface area contributed by atoms with Crippen molar-refractivity contribution in [1.82, 2.24) is 4.90 Å². The molecule has 0 aliphatic heterocycles. The van der Waals surface area contributed by atoms with Gasteiger partial charge in [-0.05, 0) is 38.6 Å². The Morgan fingerprint density at radius 3 is 2.39 bits per heavy atom. The number of alkyl halides is 3. The zero-order valence-corrected chi connectivity index (χ0v) is 10.8. The molecule has 1 rings (SSSR count). The van der Waals surface area contributed by atoms with Crippen LogP contribution in [0.3, 0.4) is 0 Å². The predicted molar refractivity (Wildman–Crippen MR) is 66.1 cm³/mol. The molecule has 1 unspecified atom stereocenters. The monoisotopic (exact) mass is 260 g/mol. The van der Waals surface area contributed by atoms with Gasteiger partial charge in [-0.3, -0.25) is 0 Å². The molecule has 0 saturated carbocycles. The highest BCUT2D eigenvalue weighted by Crippen LogP contribution is 2.30. The zero-order chi connectivity index (χ0) is 13.9. The van der Waals surface area contributed by atoms with Gasteiger partial charge in [0.25, 0.3) is 0 Å². The second-order valence-electron chi connectivity index (χ2n) is 4.76. The summed E-state index contributed by atoms with van der Waals surface area (Å²) in [7, 11) is 1.90. The molecule has 1 aromatic carbocycles. The fourth-order valence-corrected chi connectivity index (χ4v) is 1.57. The standard InChI is InChI=1S/C13H19F3N2/c1-9(2)18(3)8-12(17)10-5-4-6-11(7-10)13(14,15)16/h4-7,9,12H,8,17H2,1-3H3. The lowest BCUT2D eigenvalue weighted by atomic mass is 10.0. The van der Waals surface area contributed by atoms with Crippen molar-refractivity contribution < 1.29 is 13.2 Å². The SMILES string of the molecule is CC(C)N(C)CC(N)c1cccc(C(F)(F)F)c1. The molecule has 5 heteroatoms. The van der Waals surface area contributed by atoms with E-state index >= 15 is 0 Å². The third-order valence-corrected chi connectivity index (χ3v) is 3.01. The first-order chi connectivity index (χ1) is 8.21. The van der Waals surface area contributed by atoms with Crippen LogP contribution < -0.4 is 5.73 Å². The Balaban J connectivity index is 2.84. The van der Waals surface area contributed by atoms with Crippen LogP contribution in [0, 0.1) is 0 Å². The van der Waals surface area contributed by atoms with Gasteiger partial charge in [-0.15, -0.1) is 0 Å². The molecule has 0 fully saturated rings. The molecule has 1 atom stereocenters. The summed E-state index contributed by atoms with van der Waals surface area (Å²) in [5, 5.41) is 0. The van der Waals surface area contributed by atoms with Gasteiger partial charge in [-0.1, -0.05) is 12.1 Å². The molecule has 0 radical (unpaired) electrons. The van der Waals surface area contributed by atoms with Crippen LogP contribution in [0.4, 0.5) is 13.2 Å². The minimum Gasteiger partial charge on any atom is -0.323 e. The molecule has 0 aliphatic rings. The average molecular weight is 260 g/mol. The van der Waals surface area contributed by atoms with Crippen molar-refractivity contribution in [2.45, 2.75) is 32.1 Å². The maximum Gasteiger partial charge on any atom is 0.416 e. The second-order valence-corrected chi connectivity index (χ2v) is 4.76. The van der Waals surface area contributed by atoms with Crippen LogP contribution in [-0.2, 0) is 6.18 Å². The average Bonchev–Trinajstić information content (AvgIpc) is 2.27. The highest BCUT2D eigenvalue weighted by atomic mass is 19.4. The number of likely N-dealkylation sites (N-methyl/N-ethyl adjacent to an activating group) is 1. The molecule has 0 saturated heterocycles. The highest BCUT2D eigenvalue weighted by molar-refractivity contribution is 5.28. The number of nitrogens with zero attached hydrogens (tertiary/aromatic N) is 1. The van der Waals surface area contributed by atoms with Crippen LogP contribution in [-0.4, -0.2) is 24.5 Å². The second kappa shape index (κ2) is 5.71. The minimum atomic E-state index is -4.32.